The van der Waals surface area contributed by atoms with Crippen molar-refractivity contribution < 1.29 is 14.3 Å². The van der Waals surface area contributed by atoms with Gasteiger partial charge in [-0.25, -0.2) is 9.78 Å². The lowest BCUT2D eigenvalue weighted by Gasteiger charge is -2.10. The first-order valence-electron chi connectivity index (χ1n) is 6.56. The van der Waals surface area contributed by atoms with Crippen LogP contribution in [0.4, 0.5) is 5.82 Å². The number of rotatable bonds is 5. The van der Waals surface area contributed by atoms with Crippen LogP contribution < -0.4 is 10.1 Å². The molecule has 0 bridgehead atoms. The molecule has 1 N–H and O–H groups in total. The minimum Gasteiger partial charge on any atom is -0.496 e. The third-order valence-corrected chi connectivity index (χ3v) is 3.06. The smallest absolute Gasteiger partial charge is 0.341 e. The molecule has 0 spiro atoms. The van der Waals surface area contributed by atoms with Crippen LogP contribution in [0.3, 0.4) is 0 Å². The van der Waals surface area contributed by atoms with Gasteiger partial charge in [0.25, 0.3) is 0 Å². The van der Waals surface area contributed by atoms with E-state index in [9.17, 15) is 4.79 Å². The Morgan fingerprint density at radius 3 is 2.71 bits per heavy atom. The van der Waals surface area contributed by atoms with E-state index in [1.54, 1.807) is 18.3 Å². The van der Waals surface area contributed by atoms with Crippen molar-refractivity contribution >= 4 is 11.8 Å². The summed E-state index contributed by atoms with van der Waals surface area (Å²) in [5.41, 5.74) is 2.49. The quantitative estimate of drug-likeness (QED) is 0.856. The molecule has 0 atom stereocenters. The Labute approximate surface area is 123 Å². The number of carbonyl (C=O) groups excluding carboxylic acids is 1. The predicted molar refractivity (Wildman–Crippen MR) is 80.6 cm³/mol. The van der Waals surface area contributed by atoms with Crippen LogP contribution in [0.2, 0.25) is 0 Å². The van der Waals surface area contributed by atoms with E-state index in [0.29, 0.717) is 17.9 Å². The van der Waals surface area contributed by atoms with Crippen LogP contribution in [-0.2, 0) is 11.3 Å². The van der Waals surface area contributed by atoms with Crippen molar-refractivity contribution in [3.8, 4) is 5.75 Å². The van der Waals surface area contributed by atoms with Crippen molar-refractivity contribution in [2.75, 3.05) is 19.5 Å². The number of hydrogen-bond donors (Lipinski definition) is 1. The van der Waals surface area contributed by atoms with Crippen molar-refractivity contribution in [2.45, 2.75) is 13.5 Å². The van der Waals surface area contributed by atoms with Gasteiger partial charge in [-0.2, -0.15) is 0 Å². The number of esters is 1. The summed E-state index contributed by atoms with van der Waals surface area (Å²) in [6.07, 6.45) is 1.76. The Balaban J connectivity index is 2.15. The summed E-state index contributed by atoms with van der Waals surface area (Å²) in [7, 11) is 2.87. The van der Waals surface area contributed by atoms with Crippen LogP contribution in [0.5, 0.6) is 5.75 Å². The van der Waals surface area contributed by atoms with Crippen LogP contribution in [0, 0.1) is 6.92 Å². The second-order valence-electron chi connectivity index (χ2n) is 4.60. The highest BCUT2D eigenvalue weighted by Crippen LogP contribution is 2.21. The average molecular weight is 286 g/mol. The first kappa shape index (κ1) is 14.8. The molecule has 1 aromatic carbocycles. The molecule has 5 heteroatoms. The third kappa shape index (κ3) is 3.72. The Hall–Kier alpha value is -2.56. The highest BCUT2D eigenvalue weighted by molar-refractivity contribution is 5.92. The van der Waals surface area contributed by atoms with E-state index >= 15 is 0 Å². The first-order valence-corrected chi connectivity index (χ1v) is 6.56. The van der Waals surface area contributed by atoms with Gasteiger partial charge in [0, 0.05) is 12.7 Å². The lowest BCUT2D eigenvalue weighted by molar-refractivity contribution is 0.0597. The molecule has 0 radical (unpaired) electrons. The van der Waals surface area contributed by atoms with E-state index in [1.165, 1.54) is 14.2 Å². The molecule has 0 amide bonds. The summed E-state index contributed by atoms with van der Waals surface area (Å²) in [6.45, 7) is 2.57. The molecule has 110 valence electrons. The first-order chi connectivity index (χ1) is 10.1. The maximum absolute atomic E-state index is 11.7. The molecule has 2 rings (SSSR count). The summed E-state index contributed by atoms with van der Waals surface area (Å²) in [4.78, 5) is 16.0. The summed E-state index contributed by atoms with van der Waals surface area (Å²) in [5.74, 6) is 0.882. The number of methoxy groups -OCH3 is 2. The average Bonchev–Trinajstić information content (AvgIpc) is 2.52. The molecular formula is C16H18N2O3. The van der Waals surface area contributed by atoms with Crippen molar-refractivity contribution in [1.29, 1.82) is 0 Å². The standard InChI is InChI=1S/C16H18N2O3/c1-11-6-7-17-15(8-11)18-10-12-4-5-14(20-2)13(9-12)16(19)21-3/h4-9H,10H2,1-3H3,(H,17,18). The predicted octanol–water partition coefficient (Wildman–Crippen LogP) is 2.80. The zero-order chi connectivity index (χ0) is 15.2. The Kier molecular flexibility index (Phi) is 4.77. The van der Waals surface area contributed by atoms with Crippen molar-refractivity contribution in [1.82, 2.24) is 4.98 Å². The third-order valence-electron chi connectivity index (χ3n) is 3.06. The van der Waals surface area contributed by atoms with Gasteiger partial charge in [-0.3, -0.25) is 0 Å². The second kappa shape index (κ2) is 6.74. The summed E-state index contributed by atoms with van der Waals surface area (Å²) in [5, 5.41) is 3.22. The fourth-order valence-electron chi connectivity index (χ4n) is 1.96. The Bertz CT molecular complexity index is 641. The molecule has 21 heavy (non-hydrogen) atoms. The number of pyridine rings is 1. The lowest BCUT2D eigenvalue weighted by Crippen LogP contribution is -2.07. The zero-order valence-electron chi connectivity index (χ0n) is 12.3. The molecule has 0 fully saturated rings. The number of nitrogens with zero attached hydrogens (tertiary/aromatic N) is 1. The topological polar surface area (TPSA) is 60.5 Å². The molecule has 0 aliphatic rings. The molecular weight excluding hydrogens is 268 g/mol. The fourth-order valence-corrected chi connectivity index (χ4v) is 1.96. The summed E-state index contributed by atoms with van der Waals surface area (Å²) >= 11 is 0. The van der Waals surface area contributed by atoms with Crippen LogP contribution in [0.15, 0.2) is 36.5 Å². The van der Waals surface area contributed by atoms with Crippen LogP contribution in [0.25, 0.3) is 0 Å². The Morgan fingerprint density at radius 2 is 2.05 bits per heavy atom. The number of aromatic nitrogens is 1. The number of anilines is 1. The van der Waals surface area contributed by atoms with Gasteiger partial charge in [-0.15, -0.1) is 0 Å². The van der Waals surface area contributed by atoms with Crippen LogP contribution in [0.1, 0.15) is 21.5 Å². The fraction of sp³-hybridized carbons (Fsp3) is 0.250. The molecule has 0 unspecified atom stereocenters. The minimum atomic E-state index is -0.414. The van der Waals surface area contributed by atoms with E-state index in [-0.39, 0.29) is 0 Å². The summed E-state index contributed by atoms with van der Waals surface area (Å²) < 4.78 is 9.93. The van der Waals surface area contributed by atoms with Gasteiger partial charge in [0.15, 0.2) is 0 Å². The van der Waals surface area contributed by atoms with Crippen molar-refractivity contribution in [3.63, 3.8) is 0 Å². The molecule has 0 aliphatic carbocycles. The largest absolute Gasteiger partial charge is 0.496 e. The molecule has 5 nitrogen and oxygen atoms in total. The number of nitrogens with one attached hydrogen (secondary N) is 1. The monoisotopic (exact) mass is 286 g/mol. The van der Waals surface area contributed by atoms with E-state index in [0.717, 1.165) is 16.9 Å². The number of carbonyl (C=O) groups is 1. The number of hydrogen-bond acceptors (Lipinski definition) is 5. The van der Waals surface area contributed by atoms with E-state index in [1.807, 2.05) is 25.1 Å². The summed E-state index contributed by atoms with van der Waals surface area (Å²) in [6, 6.07) is 9.31. The van der Waals surface area contributed by atoms with Gasteiger partial charge in [0.2, 0.25) is 0 Å². The second-order valence-corrected chi connectivity index (χ2v) is 4.60. The van der Waals surface area contributed by atoms with Crippen molar-refractivity contribution in [3.05, 3.63) is 53.2 Å². The molecule has 2 aromatic rings. The highest BCUT2D eigenvalue weighted by Gasteiger charge is 2.13. The number of aryl methyl sites for hydroxylation is 1. The maximum Gasteiger partial charge on any atom is 0.341 e. The van der Waals surface area contributed by atoms with Gasteiger partial charge >= 0.3 is 5.97 Å². The highest BCUT2D eigenvalue weighted by atomic mass is 16.5. The zero-order valence-corrected chi connectivity index (χ0v) is 12.3. The van der Waals surface area contributed by atoms with Gasteiger partial charge in [-0.1, -0.05) is 6.07 Å². The normalized spacial score (nSPS) is 10.0. The number of benzene rings is 1. The van der Waals surface area contributed by atoms with Crippen LogP contribution in [-0.4, -0.2) is 25.2 Å². The number of ether oxygens (including phenoxy) is 2. The van der Waals surface area contributed by atoms with Gasteiger partial charge in [0.1, 0.15) is 17.1 Å². The minimum absolute atomic E-state index is 0.413. The van der Waals surface area contributed by atoms with Gasteiger partial charge in [-0.05, 0) is 42.3 Å². The Morgan fingerprint density at radius 1 is 1.24 bits per heavy atom. The van der Waals surface area contributed by atoms with Crippen molar-refractivity contribution in [2.24, 2.45) is 0 Å². The van der Waals surface area contributed by atoms with Gasteiger partial charge in [0.05, 0.1) is 14.2 Å². The molecule has 0 aliphatic heterocycles. The lowest BCUT2D eigenvalue weighted by atomic mass is 10.1. The van der Waals surface area contributed by atoms with Crippen LogP contribution >= 0.6 is 0 Å². The SMILES string of the molecule is COC(=O)c1cc(CNc2cc(C)ccn2)ccc1OC. The maximum atomic E-state index is 11.7. The van der Waals surface area contributed by atoms with E-state index in [2.05, 4.69) is 10.3 Å². The van der Waals surface area contributed by atoms with Gasteiger partial charge < -0.3 is 14.8 Å². The molecule has 0 saturated carbocycles. The van der Waals surface area contributed by atoms with E-state index in [4.69, 9.17) is 9.47 Å². The molecule has 1 aromatic heterocycles. The molecule has 1 heterocycles. The molecule has 0 saturated heterocycles. The van der Waals surface area contributed by atoms with E-state index < -0.39 is 5.97 Å².